The highest BCUT2D eigenvalue weighted by molar-refractivity contribution is 7.90. The van der Waals surface area contributed by atoms with E-state index in [-0.39, 0.29) is 29.0 Å². The fourth-order valence-corrected chi connectivity index (χ4v) is 3.79. The van der Waals surface area contributed by atoms with Crippen molar-refractivity contribution in [1.82, 2.24) is 9.97 Å². The van der Waals surface area contributed by atoms with Crippen molar-refractivity contribution in [3.8, 4) is 5.88 Å². The number of sulfone groups is 1. The van der Waals surface area contributed by atoms with Crippen molar-refractivity contribution in [1.29, 1.82) is 0 Å². The van der Waals surface area contributed by atoms with Gasteiger partial charge in [-0.2, -0.15) is 4.98 Å². The van der Waals surface area contributed by atoms with Crippen LogP contribution in [0.15, 0.2) is 59.5 Å². The summed E-state index contributed by atoms with van der Waals surface area (Å²) >= 11 is 5.80. The quantitative estimate of drug-likeness (QED) is 0.615. The van der Waals surface area contributed by atoms with Gasteiger partial charge in [-0.25, -0.2) is 17.8 Å². The molecule has 0 amide bonds. The molecule has 1 heterocycles. The molecule has 0 aliphatic carbocycles. The first-order chi connectivity index (χ1) is 12.8. The van der Waals surface area contributed by atoms with E-state index in [0.29, 0.717) is 16.5 Å². The molecule has 0 spiro atoms. The lowest BCUT2D eigenvalue weighted by atomic mass is 10.2. The Morgan fingerprint density at radius 3 is 2.37 bits per heavy atom. The molecule has 3 rings (SSSR count). The molecule has 140 valence electrons. The molecule has 5 nitrogen and oxygen atoms in total. The monoisotopic (exact) mass is 406 g/mol. The summed E-state index contributed by atoms with van der Waals surface area (Å²) < 4.78 is 43.7. The number of aryl methyl sites for hydroxylation is 1. The maximum atomic E-state index is 12.9. The topological polar surface area (TPSA) is 69.2 Å². The summed E-state index contributed by atoms with van der Waals surface area (Å²) in [5.74, 6) is 0.0395. The summed E-state index contributed by atoms with van der Waals surface area (Å²) in [6, 6.07) is 13.3. The number of ether oxygens (including phenoxy) is 1. The van der Waals surface area contributed by atoms with Crippen molar-refractivity contribution < 1.29 is 17.5 Å². The minimum atomic E-state index is -3.58. The van der Waals surface area contributed by atoms with Crippen LogP contribution in [0.5, 0.6) is 5.88 Å². The Bertz CT molecular complexity index is 1040. The van der Waals surface area contributed by atoms with Gasteiger partial charge in [0.1, 0.15) is 18.2 Å². The van der Waals surface area contributed by atoms with Crippen molar-refractivity contribution in [2.75, 3.05) is 0 Å². The molecule has 0 bridgehead atoms. The average molecular weight is 407 g/mol. The van der Waals surface area contributed by atoms with Crippen molar-refractivity contribution >= 4 is 21.4 Å². The smallest absolute Gasteiger partial charge is 0.217 e. The molecular formula is C19H16ClFN2O3S. The van der Waals surface area contributed by atoms with E-state index in [1.807, 2.05) is 0 Å². The zero-order chi connectivity index (χ0) is 19.4. The van der Waals surface area contributed by atoms with Gasteiger partial charge in [0.15, 0.2) is 9.84 Å². The van der Waals surface area contributed by atoms with Crippen LogP contribution in [0.3, 0.4) is 0 Å². The van der Waals surface area contributed by atoms with E-state index < -0.39 is 9.84 Å². The fourth-order valence-electron chi connectivity index (χ4n) is 2.41. The van der Waals surface area contributed by atoms with Gasteiger partial charge in [-0.1, -0.05) is 23.7 Å². The third-order valence-electron chi connectivity index (χ3n) is 3.68. The lowest BCUT2D eigenvalue weighted by Gasteiger charge is -2.09. The van der Waals surface area contributed by atoms with Gasteiger partial charge >= 0.3 is 0 Å². The Kier molecular flexibility index (Phi) is 5.72. The Hall–Kier alpha value is -2.51. The van der Waals surface area contributed by atoms with E-state index >= 15 is 0 Å². The van der Waals surface area contributed by atoms with E-state index in [1.54, 1.807) is 19.1 Å². The second kappa shape index (κ2) is 8.02. The van der Waals surface area contributed by atoms with Crippen LogP contribution < -0.4 is 4.74 Å². The Morgan fingerprint density at radius 2 is 1.70 bits per heavy atom. The summed E-state index contributed by atoms with van der Waals surface area (Å²) in [5.41, 5.74) is 1.09. The third-order valence-corrected chi connectivity index (χ3v) is 5.60. The number of halogens is 2. The molecule has 0 N–H and O–H groups in total. The third kappa shape index (κ3) is 5.24. The molecule has 1 aromatic heterocycles. The molecule has 2 aromatic carbocycles. The van der Waals surface area contributed by atoms with Crippen LogP contribution in [-0.2, 0) is 22.2 Å². The first-order valence-electron chi connectivity index (χ1n) is 8.02. The maximum absolute atomic E-state index is 12.9. The van der Waals surface area contributed by atoms with E-state index in [0.717, 1.165) is 5.56 Å². The molecule has 3 aromatic rings. The van der Waals surface area contributed by atoms with Gasteiger partial charge in [0.25, 0.3) is 0 Å². The molecule has 0 aliphatic heterocycles. The van der Waals surface area contributed by atoms with E-state index in [4.69, 9.17) is 16.3 Å². The van der Waals surface area contributed by atoms with Crippen molar-refractivity contribution in [3.05, 3.63) is 82.5 Å². The van der Waals surface area contributed by atoms with Crippen molar-refractivity contribution in [2.24, 2.45) is 0 Å². The molecule has 0 radical (unpaired) electrons. The number of benzene rings is 2. The standard InChI is InChI=1S/C19H16ClFN2O3S/c1-13-22-17(12-27(24,25)18-8-4-15(20)5-9-18)10-19(23-13)26-11-14-2-6-16(21)7-3-14/h2-10H,11-12H2,1H3. The Balaban J connectivity index is 1.76. The van der Waals surface area contributed by atoms with E-state index in [9.17, 15) is 12.8 Å². The fraction of sp³-hybridized carbons (Fsp3) is 0.158. The van der Waals surface area contributed by atoms with Crippen molar-refractivity contribution in [2.45, 2.75) is 24.2 Å². The average Bonchev–Trinajstić information content (AvgIpc) is 2.61. The van der Waals surface area contributed by atoms with Crippen LogP contribution in [0, 0.1) is 12.7 Å². The summed E-state index contributed by atoms with van der Waals surface area (Å²) in [6.45, 7) is 1.84. The minimum Gasteiger partial charge on any atom is -0.473 e. The molecule has 0 fully saturated rings. The first-order valence-corrected chi connectivity index (χ1v) is 10.0. The van der Waals surface area contributed by atoms with Crippen LogP contribution >= 0.6 is 11.6 Å². The van der Waals surface area contributed by atoms with Gasteiger partial charge in [-0.15, -0.1) is 0 Å². The summed E-state index contributed by atoms with van der Waals surface area (Å²) in [5, 5.41) is 0.461. The predicted octanol–water partition coefficient (Wildman–Crippen LogP) is 4.13. The molecule has 27 heavy (non-hydrogen) atoms. The maximum Gasteiger partial charge on any atom is 0.217 e. The Morgan fingerprint density at radius 1 is 1.04 bits per heavy atom. The largest absolute Gasteiger partial charge is 0.473 e. The second-order valence-corrected chi connectivity index (χ2v) is 8.30. The lowest BCUT2D eigenvalue weighted by Crippen LogP contribution is -2.08. The van der Waals surface area contributed by atoms with E-state index in [2.05, 4.69) is 9.97 Å². The van der Waals surface area contributed by atoms with Gasteiger partial charge in [0.2, 0.25) is 5.88 Å². The first kappa shape index (κ1) is 19.3. The van der Waals surface area contributed by atoms with Crippen LogP contribution in [-0.4, -0.2) is 18.4 Å². The second-order valence-electron chi connectivity index (χ2n) is 5.87. The number of aromatic nitrogens is 2. The SMILES string of the molecule is Cc1nc(CS(=O)(=O)c2ccc(Cl)cc2)cc(OCc2ccc(F)cc2)n1. The van der Waals surface area contributed by atoms with Gasteiger partial charge in [0.05, 0.1) is 16.3 Å². The molecular weight excluding hydrogens is 391 g/mol. The zero-order valence-electron chi connectivity index (χ0n) is 14.4. The van der Waals surface area contributed by atoms with Gasteiger partial charge in [-0.3, -0.25) is 0 Å². The summed E-state index contributed by atoms with van der Waals surface area (Å²) in [7, 11) is -3.58. The molecule has 0 saturated carbocycles. The number of hydrogen-bond acceptors (Lipinski definition) is 5. The molecule has 0 saturated heterocycles. The molecule has 8 heteroatoms. The highest BCUT2D eigenvalue weighted by Gasteiger charge is 2.17. The minimum absolute atomic E-state index is 0.164. The van der Waals surface area contributed by atoms with Crippen LogP contribution in [0.25, 0.3) is 0 Å². The van der Waals surface area contributed by atoms with Crippen LogP contribution in [0.2, 0.25) is 5.02 Å². The van der Waals surface area contributed by atoms with Crippen molar-refractivity contribution in [3.63, 3.8) is 0 Å². The summed E-state index contributed by atoms with van der Waals surface area (Å²) in [6.07, 6.45) is 0. The van der Waals surface area contributed by atoms with Gasteiger partial charge in [-0.05, 0) is 48.9 Å². The van der Waals surface area contributed by atoms with Gasteiger partial charge < -0.3 is 4.74 Å². The predicted molar refractivity (Wildman–Crippen MR) is 99.8 cm³/mol. The van der Waals surface area contributed by atoms with Crippen LogP contribution in [0.1, 0.15) is 17.1 Å². The van der Waals surface area contributed by atoms with Crippen LogP contribution in [0.4, 0.5) is 4.39 Å². The normalized spacial score (nSPS) is 11.4. The highest BCUT2D eigenvalue weighted by Crippen LogP contribution is 2.20. The zero-order valence-corrected chi connectivity index (χ0v) is 16.0. The summed E-state index contributed by atoms with van der Waals surface area (Å²) in [4.78, 5) is 8.51. The molecule has 0 unspecified atom stereocenters. The number of nitrogens with zero attached hydrogens (tertiary/aromatic N) is 2. The lowest BCUT2D eigenvalue weighted by molar-refractivity contribution is 0.292. The molecule has 0 atom stereocenters. The van der Waals surface area contributed by atoms with E-state index in [1.165, 1.54) is 42.5 Å². The number of hydrogen-bond donors (Lipinski definition) is 0. The van der Waals surface area contributed by atoms with Gasteiger partial charge in [0, 0.05) is 11.1 Å². The highest BCUT2D eigenvalue weighted by atomic mass is 35.5. The Labute approximate surface area is 161 Å². The molecule has 0 aliphatic rings. The number of rotatable bonds is 6.